The van der Waals surface area contributed by atoms with Crippen LogP contribution in [-0.2, 0) is 10.0 Å². The number of hydrogen-bond donors (Lipinski definition) is 1. The van der Waals surface area contributed by atoms with Gasteiger partial charge in [-0.1, -0.05) is 42.5 Å². The third kappa shape index (κ3) is 4.54. The van der Waals surface area contributed by atoms with Crippen molar-refractivity contribution in [3.63, 3.8) is 0 Å². The van der Waals surface area contributed by atoms with Gasteiger partial charge in [0.05, 0.1) is 14.2 Å². The molecule has 1 atom stereocenters. The molecule has 1 heterocycles. The van der Waals surface area contributed by atoms with Crippen molar-refractivity contribution in [2.45, 2.75) is 23.8 Å². The molecule has 7 heteroatoms. The quantitative estimate of drug-likeness (QED) is 0.574. The van der Waals surface area contributed by atoms with E-state index in [2.05, 4.69) is 33.9 Å². The molecule has 0 aromatic heterocycles. The average Bonchev–Trinajstić information content (AvgIpc) is 3.33. The van der Waals surface area contributed by atoms with E-state index < -0.39 is 10.0 Å². The number of nitrogens with one attached hydrogen (secondary N) is 1. The van der Waals surface area contributed by atoms with Crippen LogP contribution in [0.2, 0.25) is 0 Å². The molecule has 1 fully saturated rings. The molecule has 1 aliphatic heterocycles. The maximum Gasteiger partial charge on any atom is 0.244 e. The second kappa shape index (κ2) is 9.26. The Morgan fingerprint density at radius 1 is 0.968 bits per heavy atom. The van der Waals surface area contributed by atoms with Crippen molar-refractivity contribution in [3.05, 3.63) is 66.2 Å². The SMILES string of the molecule is COc1ccc(OC)c(S(=O)(=O)NCC(c2cccc3ccccc23)N2CCCC2)c1. The summed E-state index contributed by atoms with van der Waals surface area (Å²) in [5, 5.41) is 2.31. The molecule has 0 radical (unpaired) electrons. The fourth-order valence-electron chi connectivity index (χ4n) is 4.29. The molecular weight excluding hydrogens is 412 g/mol. The van der Waals surface area contributed by atoms with Crippen LogP contribution in [0.5, 0.6) is 11.5 Å². The third-order valence-corrected chi connectivity index (χ3v) is 7.34. The summed E-state index contributed by atoms with van der Waals surface area (Å²) in [7, 11) is -0.831. The number of sulfonamides is 1. The number of ether oxygens (including phenoxy) is 2. The van der Waals surface area contributed by atoms with Crippen LogP contribution in [0.3, 0.4) is 0 Å². The number of methoxy groups -OCH3 is 2. The smallest absolute Gasteiger partial charge is 0.244 e. The highest BCUT2D eigenvalue weighted by molar-refractivity contribution is 7.89. The van der Waals surface area contributed by atoms with E-state index in [-0.39, 0.29) is 23.2 Å². The van der Waals surface area contributed by atoms with Gasteiger partial charge in [-0.05, 0) is 54.4 Å². The molecule has 1 unspecified atom stereocenters. The van der Waals surface area contributed by atoms with Crippen LogP contribution in [-0.4, -0.2) is 47.2 Å². The monoisotopic (exact) mass is 440 g/mol. The van der Waals surface area contributed by atoms with Crippen molar-refractivity contribution in [3.8, 4) is 11.5 Å². The number of rotatable bonds is 8. The van der Waals surface area contributed by atoms with Gasteiger partial charge in [0, 0.05) is 18.7 Å². The molecule has 3 aromatic rings. The van der Waals surface area contributed by atoms with Crippen molar-refractivity contribution in [2.24, 2.45) is 0 Å². The minimum absolute atomic E-state index is 0.0556. The number of nitrogens with zero attached hydrogens (tertiary/aromatic N) is 1. The van der Waals surface area contributed by atoms with E-state index in [4.69, 9.17) is 9.47 Å². The average molecular weight is 441 g/mol. The van der Waals surface area contributed by atoms with Gasteiger partial charge in [0.25, 0.3) is 0 Å². The van der Waals surface area contributed by atoms with Crippen LogP contribution in [0.25, 0.3) is 10.8 Å². The van der Waals surface area contributed by atoms with E-state index in [0.717, 1.165) is 42.3 Å². The predicted octanol–water partition coefficient (Wildman–Crippen LogP) is 3.97. The van der Waals surface area contributed by atoms with Crippen molar-refractivity contribution >= 4 is 20.8 Å². The zero-order chi connectivity index (χ0) is 21.8. The van der Waals surface area contributed by atoms with Gasteiger partial charge in [-0.25, -0.2) is 13.1 Å². The molecule has 0 amide bonds. The zero-order valence-corrected chi connectivity index (χ0v) is 18.7. The molecule has 6 nitrogen and oxygen atoms in total. The summed E-state index contributed by atoms with van der Waals surface area (Å²) in [4.78, 5) is 2.44. The Balaban J connectivity index is 1.67. The Morgan fingerprint density at radius 2 is 1.71 bits per heavy atom. The molecule has 0 saturated carbocycles. The van der Waals surface area contributed by atoms with Crippen LogP contribution < -0.4 is 14.2 Å². The highest BCUT2D eigenvalue weighted by atomic mass is 32.2. The first-order valence-corrected chi connectivity index (χ1v) is 12.0. The van der Waals surface area contributed by atoms with Gasteiger partial charge in [-0.3, -0.25) is 4.90 Å². The molecule has 0 spiro atoms. The summed E-state index contributed by atoms with van der Waals surface area (Å²) < 4.78 is 39.8. The van der Waals surface area contributed by atoms with Crippen molar-refractivity contribution in [1.82, 2.24) is 9.62 Å². The molecule has 0 bridgehead atoms. The molecule has 4 rings (SSSR count). The molecule has 0 aliphatic carbocycles. The molecule has 1 saturated heterocycles. The van der Waals surface area contributed by atoms with Crippen molar-refractivity contribution < 1.29 is 17.9 Å². The van der Waals surface area contributed by atoms with Crippen LogP contribution in [0.15, 0.2) is 65.6 Å². The minimum Gasteiger partial charge on any atom is -0.497 e. The first-order valence-electron chi connectivity index (χ1n) is 10.5. The molecular formula is C24H28N2O4S. The standard InChI is InChI=1S/C24H28N2O4S/c1-29-19-12-13-23(30-2)24(16-19)31(27,28)25-17-22(26-14-5-6-15-26)21-11-7-9-18-8-3-4-10-20(18)21/h3-4,7-13,16,22,25H,5-6,14-15,17H2,1-2H3. The number of hydrogen-bond acceptors (Lipinski definition) is 5. The molecule has 164 valence electrons. The van der Waals surface area contributed by atoms with E-state index in [1.807, 2.05) is 18.2 Å². The predicted molar refractivity (Wildman–Crippen MR) is 122 cm³/mol. The summed E-state index contributed by atoms with van der Waals surface area (Å²) in [5.41, 5.74) is 1.14. The molecule has 31 heavy (non-hydrogen) atoms. The van der Waals surface area contributed by atoms with Crippen LogP contribution in [0.4, 0.5) is 0 Å². The maximum atomic E-state index is 13.2. The fourth-order valence-corrected chi connectivity index (χ4v) is 5.51. The van der Waals surface area contributed by atoms with Gasteiger partial charge in [-0.15, -0.1) is 0 Å². The first kappa shape index (κ1) is 21.6. The minimum atomic E-state index is -3.80. The summed E-state index contributed by atoms with van der Waals surface area (Å²) in [5.74, 6) is 0.752. The van der Waals surface area contributed by atoms with E-state index >= 15 is 0 Å². The highest BCUT2D eigenvalue weighted by Gasteiger charge is 2.28. The number of benzene rings is 3. The summed E-state index contributed by atoms with van der Waals surface area (Å²) in [6.45, 7) is 2.19. The van der Waals surface area contributed by atoms with E-state index in [1.54, 1.807) is 12.1 Å². The van der Waals surface area contributed by atoms with Gasteiger partial charge < -0.3 is 9.47 Å². The molecule has 1 aliphatic rings. The van der Waals surface area contributed by atoms with Gasteiger partial charge in [-0.2, -0.15) is 0 Å². The number of likely N-dealkylation sites (tertiary alicyclic amines) is 1. The Bertz CT molecular complexity index is 1150. The van der Waals surface area contributed by atoms with Crippen LogP contribution >= 0.6 is 0 Å². The lowest BCUT2D eigenvalue weighted by atomic mass is 9.98. The third-order valence-electron chi connectivity index (χ3n) is 5.89. The number of fused-ring (bicyclic) bond motifs is 1. The van der Waals surface area contributed by atoms with Crippen molar-refractivity contribution in [2.75, 3.05) is 33.9 Å². The Morgan fingerprint density at radius 3 is 2.45 bits per heavy atom. The Labute approximate surface area is 183 Å². The lowest BCUT2D eigenvalue weighted by Gasteiger charge is -2.29. The van der Waals surface area contributed by atoms with Gasteiger partial charge >= 0.3 is 0 Å². The summed E-state index contributed by atoms with van der Waals surface area (Å²) in [6, 6.07) is 19.2. The topological polar surface area (TPSA) is 67.9 Å². The van der Waals surface area contributed by atoms with Crippen molar-refractivity contribution in [1.29, 1.82) is 0 Å². The Kier molecular flexibility index (Phi) is 6.46. The lowest BCUT2D eigenvalue weighted by Crippen LogP contribution is -2.37. The fraction of sp³-hybridized carbons (Fsp3) is 0.333. The van der Waals surface area contributed by atoms with E-state index in [0.29, 0.717) is 5.75 Å². The van der Waals surface area contributed by atoms with Gasteiger partial charge in [0.2, 0.25) is 10.0 Å². The Hall–Kier alpha value is -2.61. The first-order chi connectivity index (χ1) is 15.0. The van der Waals surface area contributed by atoms with E-state index in [9.17, 15) is 8.42 Å². The zero-order valence-electron chi connectivity index (χ0n) is 17.9. The normalized spacial score (nSPS) is 15.8. The van der Waals surface area contributed by atoms with Gasteiger partial charge in [0.15, 0.2) is 0 Å². The molecule has 3 aromatic carbocycles. The summed E-state index contributed by atoms with van der Waals surface area (Å²) in [6.07, 6.45) is 2.25. The van der Waals surface area contributed by atoms with Crippen LogP contribution in [0.1, 0.15) is 24.4 Å². The van der Waals surface area contributed by atoms with Gasteiger partial charge in [0.1, 0.15) is 16.4 Å². The highest BCUT2D eigenvalue weighted by Crippen LogP contribution is 2.32. The van der Waals surface area contributed by atoms with E-state index in [1.165, 1.54) is 20.3 Å². The maximum absolute atomic E-state index is 13.2. The second-order valence-corrected chi connectivity index (χ2v) is 9.43. The largest absolute Gasteiger partial charge is 0.497 e. The lowest BCUT2D eigenvalue weighted by molar-refractivity contribution is 0.248. The second-order valence-electron chi connectivity index (χ2n) is 7.70. The molecule has 1 N–H and O–H groups in total. The summed E-state index contributed by atoms with van der Waals surface area (Å²) >= 11 is 0. The van der Waals surface area contributed by atoms with Crippen LogP contribution in [0, 0.1) is 0 Å².